The van der Waals surface area contributed by atoms with Crippen LogP contribution >= 0.6 is 15.9 Å². The Morgan fingerprint density at radius 2 is 1.83 bits per heavy atom. The van der Waals surface area contributed by atoms with Crippen LogP contribution in [0.15, 0.2) is 22.8 Å². The lowest BCUT2D eigenvalue weighted by molar-refractivity contribution is 0.437. The van der Waals surface area contributed by atoms with Gasteiger partial charge in [-0.1, -0.05) is 6.07 Å². The van der Waals surface area contributed by atoms with Gasteiger partial charge in [-0.15, -0.1) is 0 Å². The second-order valence-corrected chi connectivity index (χ2v) is 5.02. The van der Waals surface area contributed by atoms with E-state index in [-0.39, 0.29) is 6.01 Å². The molecule has 1 heterocycles. The Kier molecular flexibility index (Phi) is 3.52. The van der Waals surface area contributed by atoms with E-state index >= 15 is 0 Å². The van der Waals surface area contributed by atoms with Gasteiger partial charge >= 0.3 is 6.01 Å². The molecule has 0 spiro atoms. The van der Waals surface area contributed by atoms with E-state index in [1.54, 1.807) is 6.07 Å². The van der Waals surface area contributed by atoms with Crippen molar-refractivity contribution < 1.29 is 4.74 Å². The molecule has 0 radical (unpaired) electrons. The van der Waals surface area contributed by atoms with E-state index in [1.165, 1.54) is 5.56 Å². The van der Waals surface area contributed by atoms with Gasteiger partial charge in [-0.05, 0) is 59.5 Å². The molecule has 5 heteroatoms. The molecule has 0 saturated carbocycles. The Balaban J connectivity index is 2.39. The van der Waals surface area contributed by atoms with Crippen molar-refractivity contribution in [3.05, 3.63) is 39.5 Å². The molecule has 0 amide bonds. The summed E-state index contributed by atoms with van der Waals surface area (Å²) >= 11 is 3.26. The summed E-state index contributed by atoms with van der Waals surface area (Å²) in [7, 11) is 0. The highest BCUT2D eigenvalue weighted by Crippen LogP contribution is 2.27. The van der Waals surface area contributed by atoms with Crippen LogP contribution in [0.1, 0.15) is 16.7 Å². The normalized spacial score (nSPS) is 10.4. The van der Waals surface area contributed by atoms with E-state index in [4.69, 9.17) is 10.5 Å². The van der Waals surface area contributed by atoms with Gasteiger partial charge in [0.25, 0.3) is 0 Å². The van der Waals surface area contributed by atoms with Crippen molar-refractivity contribution in [3.8, 4) is 11.8 Å². The second kappa shape index (κ2) is 4.94. The van der Waals surface area contributed by atoms with Crippen molar-refractivity contribution in [2.24, 2.45) is 0 Å². The highest BCUT2D eigenvalue weighted by Gasteiger charge is 2.08. The molecule has 0 aliphatic rings. The first-order valence-corrected chi connectivity index (χ1v) is 6.31. The predicted octanol–water partition coefficient (Wildman–Crippen LogP) is 3.54. The summed E-state index contributed by atoms with van der Waals surface area (Å²) in [4.78, 5) is 8.18. The van der Waals surface area contributed by atoms with Gasteiger partial charge in [0.15, 0.2) is 0 Å². The van der Waals surface area contributed by atoms with Gasteiger partial charge < -0.3 is 10.5 Å². The zero-order valence-corrected chi connectivity index (χ0v) is 12.1. The third-order valence-electron chi connectivity index (χ3n) is 2.66. The zero-order valence-electron chi connectivity index (χ0n) is 10.5. The number of aryl methyl sites for hydroxylation is 2. The van der Waals surface area contributed by atoms with Gasteiger partial charge in [0, 0.05) is 6.07 Å². The lowest BCUT2D eigenvalue weighted by Crippen LogP contribution is -1.99. The molecular weight excluding hydrogens is 294 g/mol. The molecule has 0 atom stereocenters. The van der Waals surface area contributed by atoms with Crippen LogP contribution in [0.3, 0.4) is 0 Å². The van der Waals surface area contributed by atoms with Gasteiger partial charge in [0.05, 0.1) is 0 Å². The van der Waals surface area contributed by atoms with Crippen molar-refractivity contribution in [1.29, 1.82) is 0 Å². The fourth-order valence-corrected chi connectivity index (χ4v) is 2.05. The Bertz CT molecular complexity index is 579. The molecule has 18 heavy (non-hydrogen) atoms. The van der Waals surface area contributed by atoms with Gasteiger partial charge in [0.2, 0.25) is 0 Å². The third-order valence-corrected chi connectivity index (χ3v) is 3.07. The number of nitrogens with zero attached hydrogens (tertiary/aromatic N) is 2. The number of nitrogens with two attached hydrogens (primary N) is 1. The van der Waals surface area contributed by atoms with Crippen LogP contribution in [-0.4, -0.2) is 9.97 Å². The first kappa shape index (κ1) is 12.8. The maximum absolute atomic E-state index is 5.70. The molecule has 0 aliphatic carbocycles. The molecule has 0 bridgehead atoms. The summed E-state index contributed by atoms with van der Waals surface area (Å²) in [6.45, 7) is 6.08. The number of hydrogen-bond acceptors (Lipinski definition) is 4. The van der Waals surface area contributed by atoms with E-state index in [9.17, 15) is 0 Å². The van der Waals surface area contributed by atoms with Crippen molar-refractivity contribution in [2.45, 2.75) is 20.8 Å². The molecule has 1 aromatic heterocycles. The van der Waals surface area contributed by atoms with Crippen molar-refractivity contribution >= 4 is 21.7 Å². The molecule has 4 nitrogen and oxygen atoms in total. The lowest BCUT2D eigenvalue weighted by atomic mass is 10.1. The molecule has 1 aromatic carbocycles. The van der Waals surface area contributed by atoms with Crippen LogP contribution in [0.25, 0.3) is 0 Å². The minimum absolute atomic E-state index is 0.245. The number of halogens is 1. The first-order valence-electron chi connectivity index (χ1n) is 5.51. The summed E-state index contributed by atoms with van der Waals surface area (Å²) < 4.78 is 6.30. The maximum atomic E-state index is 5.70. The number of rotatable bonds is 2. The lowest BCUT2D eigenvalue weighted by Gasteiger charge is -2.11. The average Bonchev–Trinajstić information content (AvgIpc) is 2.23. The monoisotopic (exact) mass is 307 g/mol. The van der Waals surface area contributed by atoms with Crippen LogP contribution in [0, 0.1) is 20.8 Å². The smallest absolute Gasteiger partial charge is 0.325 e. The molecule has 2 rings (SSSR count). The molecule has 0 aliphatic heterocycles. The zero-order chi connectivity index (χ0) is 13.3. The highest BCUT2D eigenvalue weighted by molar-refractivity contribution is 9.10. The summed E-state index contributed by atoms with van der Waals surface area (Å²) in [6, 6.07) is 5.94. The Labute approximate surface area is 114 Å². The Morgan fingerprint density at radius 3 is 2.50 bits per heavy atom. The largest absolute Gasteiger partial charge is 0.424 e. The molecular formula is C13H14BrN3O. The van der Waals surface area contributed by atoms with Gasteiger partial charge in [0.1, 0.15) is 16.2 Å². The molecule has 0 fully saturated rings. The molecule has 2 aromatic rings. The van der Waals surface area contributed by atoms with Crippen LogP contribution in [0.2, 0.25) is 0 Å². The van der Waals surface area contributed by atoms with E-state index in [0.717, 1.165) is 16.9 Å². The number of aromatic nitrogens is 2. The summed E-state index contributed by atoms with van der Waals surface area (Å²) in [5, 5.41) is 0. The standard InChI is InChI=1S/C13H14BrN3O/c1-7-4-8(2)9(3)10(5-7)18-13-16-11(14)6-12(15)17-13/h4-6H,1-3H3,(H2,15,16,17). The summed E-state index contributed by atoms with van der Waals surface area (Å²) in [5.41, 5.74) is 9.03. The van der Waals surface area contributed by atoms with E-state index in [1.807, 2.05) is 26.8 Å². The van der Waals surface area contributed by atoms with Crippen molar-refractivity contribution in [1.82, 2.24) is 9.97 Å². The van der Waals surface area contributed by atoms with Crippen molar-refractivity contribution in [3.63, 3.8) is 0 Å². The second-order valence-electron chi connectivity index (χ2n) is 4.21. The quantitative estimate of drug-likeness (QED) is 0.862. The van der Waals surface area contributed by atoms with Gasteiger partial charge in [-0.25, -0.2) is 0 Å². The van der Waals surface area contributed by atoms with Gasteiger partial charge in [-0.3, -0.25) is 0 Å². The Hall–Kier alpha value is -1.62. The molecule has 0 saturated heterocycles. The van der Waals surface area contributed by atoms with Crippen LogP contribution in [-0.2, 0) is 0 Å². The number of ether oxygens (including phenoxy) is 1. The first-order chi connectivity index (χ1) is 8.45. The van der Waals surface area contributed by atoms with Gasteiger partial charge in [-0.2, -0.15) is 9.97 Å². The molecule has 94 valence electrons. The SMILES string of the molecule is Cc1cc(C)c(C)c(Oc2nc(N)cc(Br)n2)c1. The number of hydrogen-bond donors (Lipinski definition) is 1. The Morgan fingerprint density at radius 1 is 1.11 bits per heavy atom. The summed E-state index contributed by atoms with van der Waals surface area (Å²) in [5.74, 6) is 1.12. The third kappa shape index (κ3) is 2.79. The number of benzene rings is 1. The fraction of sp³-hybridized carbons (Fsp3) is 0.231. The van der Waals surface area contributed by atoms with Crippen molar-refractivity contribution in [2.75, 3.05) is 5.73 Å². The minimum Gasteiger partial charge on any atom is -0.424 e. The molecule has 0 unspecified atom stereocenters. The molecule has 2 N–H and O–H groups in total. The van der Waals surface area contributed by atoms with E-state index in [2.05, 4.69) is 32.0 Å². The summed E-state index contributed by atoms with van der Waals surface area (Å²) in [6.07, 6.45) is 0. The number of anilines is 1. The van der Waals surface area contributed by atoms with E-state index < -0.39 is 0 Å². The van der Waals surface area contributed by atoms with Crippen LogP contribution < -0.4 is 10.5 Å². The maximum Gasteiger partial charge on any atom is 0.325 e. The van der Waals surface area contributed by atoms with E-state index in [0.29, 0.717) is 10.4 Å². The van der Waals surface area contributed by atoms with Crippen LogP contribution in [0.5, 0.6) is 11.8 Å². The number of nitrogen functional groups attached to an aromatic ring is 1. The van der Waals surface area contributed by atoms with Crippen LogP contribution in [0.4, 0.5) is 5.82 Å². The average molecular weight is 308 g/mol. The predicted molar refractivity (Wildman–Crippen MR) is 74.9 cm³/mol. The topological polar surface area (TPSA) is 61.0 Å². The fourth-order valence-electron chi connectivity index (χ4n) is 1.66. The highest BCUT2D eigenvalue weighted by atomic mass is 79.9. The minimum atomic E-state index is 0.245.